The van der Waals surface area contributed by atoms with Crippen LogP contribution in [0.4, 0.5) is 0 Å². The van der Waals surface area contributed by atoms with E-state index < -0.39 is 10.8 Å². The van der Waals surface area contributed by atoms with Gasteiger partial charge in [0.2, 0.25) is 0 Å². The molecule has 106 valence electrons. The normalized spacial score (nSPS) is 13.6. The molecule has 3 nitrogen and oxygen atoms in total. The lowest BCUT2D eigenvalue weighted by Crippen LogP contribution is -2.03. The van der Waals surface area contributed by atoms with Crippen molar-refractivity contribution in [1.82, 2.24) is 0 Å². The topological polar surface area (TPSA) is 35.5 Å². The number of hydrogen-bond acceptors (Lipinski definition) is 3. The van der Waals surface area contributed by atoms with Crippen molar-refractivity contribution in [3.05, 3.63) is 54.1 Å². The highest BCUT2D eigenvalue weighted by molar-refractivity contribution is 7.85. The van der Waals surface area contributed by atoms with E-state index in [0.29, 0.717) is 0 Å². The maximum absolute atomic E-state index is 12.5. The quantitative estimate of drug-likeness (QED) is 0.844. The van der Waals surface area contributed by atoms with Gasteiger partial charge in [-0.25, -0.2) is 0 Å². The van der Waals surface area contributed by atoms with E-state index in [9.17, 15) is 4.21 Å². The fourth-order valence-electron chi connectivity index (χ4n) is 1.91. The molecule has 4 heteroatoms. The molecule has 2 rings (SSSR count). The Balaban J connectivity index is 2.17. The predicted molar refractivity (Wildman–Crippen MR) is 80.8 cm³/mol. The Bertz CT molecular complexity index is 576. The van der Waals surface area contributed by atoms with Crippen molar-refractivity contribution in [3.63, 3.8) is 0 Å². The zero-order valence-electron chi connectivity index (χ0n) is 11.8. The molecule has 0 N–H and O–H groups in total. The molecule has 0 aliphatic heterocycles. The smallest absolute Gasteiger partial charge is 0.118 e. The fraction of sp³-hybridized carbons (Fsp3) is 0.250. The van der Waals surface area contributed by atoms with Crippen molar-refractivity contribution in [2.24, 2.45) is 0 Å². The summed E-state index contributed by atoms with van der Waals surface area (Å²) in [5.41, 5.74) is 1.03. The Kier molecular flexibility index (Phi) is 4.79. The summed E-state index contributed by atoms with van der Waals surface area (Å²) in [5, 5.41) is -0.0747. The summed E-state index contributed by atoms with van der Waals surface area (Å²) in [4.78, 5) is 0.800. The monoisotopic (exact) mass is 290 g/mol. The summed E-state index contributed by atoms with van der Waals surface area (Å²) < 4.78 is 22.8. The van der Waals surface area contributed by atoms with Gasteiger partial charge in [-0.2, -0.15) is 0 Å². The molecule has 20 heavy (non-hydrogen) atoms. The van der Waals surface area contributed by atoms with Crippen LogP contribution in [0.5, 0.6) is 11.5 Å². The SMILES string of the molecule is COc1ccc([C@H](C)[S@@](=O)c2ccc(OC)cc2)cc1. The second kappa shape index (κ2) is 6.57. The first-order chi connectivity index (χ1) is 9.65. The van der Waals surface area contributed by atoms with E-state index in [-0.39, 0.29) is 5.25 Å². The highest BCUT2D eigenvalue weighted by Gasteiger charge is 2.15. The minimum Gasteiger partial charge on any atom is -0.497 e. The highest BCUT2D eigenvalue weighted by atomic mass is 32.2. The summed E-state index contributed by atoms with van der Waals surface area (Å²) in [5.74, 6) is 1.57. The predicted octanol–water partition coefficient (Wildman–Crippen LogP) is 3.57. The Morgan fingerprint density at radius 3 is 1.75 bits per heavy atom. The molecular formula is C16H18O3S. The van der Waals surface area contributed by atoms with Crippen LogP contribution < -0.4 is 9.47 Å². The lowest BCUT2D eigenvalue weighted by Gasteiger charge is -2.13. The standard InChI is InChI=1S/C16H18O3S/c1-12(13-4-6-14(18-2)7-5-13)20(17)16-10-8-15(19-3)9-11-16/h4-12H,1-3H3/t12-,20+/m0/s1. The molecule has 2 aromatic rings. The second-order valence-corrected chi connectivity index (χ2v) is 6.16. The average Bonchev–Trinajstić information content (AvgIpc) is 2.53. The second-order valence-electron chi connectivity index (χ2n) is 4.39. The molecule has 0 radical (unpaired) electrons. The third kappa shape index (κ3) is 3.20. The van der Waals surface area contributed by atoms with Crippen LogP contribution in [0.25, 0.3) is 0 Å². The van der Waals surface area contributed by atoms with Crippen molar-refractivity contribution in [2.45, 2.75) is 17.1 Å². The molecule has 0 heterocycles. The van der Waals surface area contributed by atoms with Crippen LogP contribution in [0.1, 0.15) is 17.7 Å². The minimum absolute atomic E-state index is 0.0747. The van der Waals surface area contributed by atoms with Gasteiger partial charge in [-0.3, -0.25) is 4.21 Å². The average molecular weight is 290 g/mol. The number of benzene rings is 2. The molecule has 0 amide bonds. The van der Waals surface area contributed by atoms with E-state index in [1.165, 1.54) is 0 Å². The lowest BCUT2D eigenvalue weighted by molar-refractivity contribution is 0.414. The van der Waals surface area contributed by atoms with Crippen molar-refractivity contribution in [1.29, 1.82) is 0 Å². The van der Waals surface area contributed by atoms with Gasteiger partial charge in [-0.1, -0.05) is 12.1 Å². The van der Waals surface area contributed by atoms with Crippen molar-refractivity contribution >= 4 is 10.8 Å². The summed E-state index contributed by atoms with van der Waals surface area (Å²) in [6.07, 6.45) is 0. The van der Waals surface area contributed by atoms with E-state index in [1.807, 2.05) is 55.5 Å². The summed E-state index contributed by atoms with van der Waals surface area (Å²) in [6.45, 7) is 1.96. The van der Waals surface area contributed by atoms with Crippen LogP contribution in [0.3, 0.4) is 0 Å². The number of methoxy groups -OCH3 is 2. The van der Waals surface area contributed by atoms with Crippen LogP contribution >= 0.6 is 0 Å². The summed E-state index contributed by atoms with van der Waals surface area (Å²) in [6, 6.07) is 15.0. The van der Waals surface area contributed by atoms with E-state index in [0.717, 1.165) is 22.0 Å². The Morgan fingerprint density at radius 2 is 1.30 bits per heavy atom. The molecule has 0 spiro atoms. The van der Waals surface area contributed by atoms with Gasteiger partial charge in [-0.05, 0) is 48.9 Å². The van der Waals surface area contributed by atoms with Gasteiger partial charge in [0, 0.05) is 4.90 Å². The molecule has 0 aliphatic carbocycles. The maximum Gasteiger partial charge on any atom is 0.118 e. The van der Waals surface area contributed by atoms with Crippen LogP contribution in [0.15, 0.2) is 53.4 Å². The zero-order valence-corrected chi connectivity index (χ0v) is 12.6. The van der Waals surface area contributed by atoms with Crippen molar-refractivity contribution < 1.29 is 13.7 Å². The van der Waals surface area contributed by atoms with E-state index in [4.69, 9.17) is 9.47 Å². The van der Waals surface area contributed by atoms with Gasteiger partial charge in [-0.15, -0.1) is 0 Å². The molecule has 0 bridgehead atoms. The molecule has 0 aliphatic rings. The van der Waals surface area contributed by atoms with Crippen molar-refractivity contribution in [2.75, 3.05) is 14.2 Å². The van der Waals surface area contributed by atoms with Crippen LogP contribution in [-0.4, -0.2) is 18.4 Å². The van der Waals surface area contributed by atoms with Gasteiger partial charge in [0.1, 0.15) is 11.5 Å². The summed E-state index contributed by atoms with van der Waals surface area (Å²) in [7, 11) is 2.16. The zero-order chi connectivity index (χ0) is 14.5. The molecule has 0 saturated carbocycles. The Morgan fingerprint density at radius 1 is 0.850 bits per heavy atom. The van der Waals surface area contributed by atoms with Gasteiger partial charge in [0.05, 0.1) is 30.3 Å². The van der Waals surface area contributed by atoms with Crippen LogP contribution in [-0.2, 0) is 10.8 Å². The van der Waals surface area contributed by atoms with Gasteiger partial charge in [0.15, 0.2) is 0 Å². The highest BCUT2D eigenvalue weighted by Crippen LogP contribution is 2.27. The van der Waals surface area contributed by atoms with Gasteiger partial charge >= 0.3 is 0 Å². The third-order valence-electron chi connectivity index (χ3n) is 3.20. The molecule has 0 saturated heterocycles. The first-order valence-electron chi connectivity index (χ1n) is 6.34. The molecular weight excluding hydrogens is 272 g/mol. The molecule has 2 aromatic carbocycles. The molecule has 2 atom stereocenters. The number of hydrogen-bond donors (Lipinski definition) is 0. The number of ether oxygens (including phenoxy) is 2. The third-order valence-corrected chi connectivity index (χ3v) is 4.85. The maximum atomic E-state index is 12.5. The number of rotatable bonds is 5. The van der Waals surface area contributed by atoms with Crippen LogP contribution in [0.2, 0.25) is 0 Å². The minimum atomic E-state index is -1.09. The Hall–Kier alpha value is -1.81. The molecule has 0 aromatic heterocycles. The van der Waals surface area contributed by atoms with Crippen LogP contribution in [0, 0.1) is 0 Å². The fourth-order valence-corrected chi connectivity index (χ4v) is 3.13. The Labute approximate surface area is 122 Å². The summed E-state index contributed by atoms with van der Waals surface area (Å²) >= 11 is 0. The largest absolute Gasteiger partial charge is 0.497 e. The van der Waals surface area contributed by atoms with Gasteiger partial charge in [0.25, 0.3) is 0 Å². The molecule has 0 unspecified atom stereocenters. The van der Waals surface area contributed by atoms with E-state index in [2.05, 4.69) is 0 Å². The lowest BCUT2D eigenvalue weighted by atomic mass is 10.2. The van der Waals surface area contributed by atoms with E-state index >= 15 is 0 Å². The first kappa shape index (κ1) is 14.6. The van der Waals surface area contributed by atoms with Crippen molar-refractivity contribution in [3.8, 4) is 11.5 Å². The van der Waals surface area contributed by atoms with Gasteiger partial charge < -0.3 is 9.47 Å². The first-order valence-corrected chi connectivity index (χ1v) is 7.55. The van der Waals surface area contributed by atoms with E-state index in [1.54, 1.807) is 14.2 Å². The molecule has 0 fully saturated rings.